The van der Waals surface area contributed by atoms with Gasteiger partial charge in [0.15, 0.2) is 0 Å². The predicted octanol–water partition coefficient (Wildman–Crippen LogP) is 8.52. The van der Waals surface area contributed by atoms with Gasteiger partial charge in [-0.3, -0.25) is 0 Å². The van der Waals surface area contributed by atoms with Crippen LogP contribution in [0.2, 0.25) is 0 Å². The SMILES string of the molecule is C[C@H](C1=CC=CC1P(c1ccccc1)c1ccccc1)P(C1CCCCC1)C1CCCCC1. The molecule has 2 aromatic carbocycles. The van der Waals surface area contributed by atoms with Crippen molar-refractivity contribution in [1.82, 2.24) is 0 Å². The molecule has 2 aromatic rings. The van der Waals surface area contributed by atoms with Crippen LogP contribution in [0.25, 0.3) is 0 Å². The van der Waals surface area contributed by atoms with Gasteiger partial charge < -0.3 is 0 Å². The van der Waals surface area contributed by atoms with Crippen molar-refractivity contribution in [3.8, 4) is 0 Å². The van der Waals surface area contributed by atoms with Crippen molar-refractivity contribution in [2.45, 2.75) is 93.8 Å². The minimum absolute atomic E-state index is 0.0437. The molecule has 1 unspecified atom stereocenters. The number of hydrogen-bond donors (Lipinski definition) is 0. The Bertz CT molecular complexity index is 862. The van der Waals surface area contributed by atoms with E-state index in [0.717, 1.165) is 17.0 Å². The summed E-state index contributed by atoms with van der Waals surface area (Å²) in [7, 11) is -0.384. The van der Waals surface area contributed by atoms with Gasteiger partial charge in [0, 0.05) is 5.66 Å². The number of benzene rings is 2. The van der Waals surface area contributed by atoms with Gasteiger partial charge in [0.1, 0.15) is 0 Å². The molecule has 0 radical (unpaired) electrons. The third-order valence-corrected chi connectivity index (χ3v) is 14.8. The average molecular weight is 475 g/mol. The maximum absolute atomic E-state index is 2.64. The summed E-state index contributed by atoms with van der Waals surface area (Å²) in [6.07, 6.45) is 22.3. The molecule has 2 saturated carbocycles. The Hall–Kier alpha value is -1.22. The number of rotatable bonds is 7. The third-order valence-electron chi connectivity index (χ3n) is 8.19. The summed E-state index contributed by atoms with van der Waals surface area (Å²) in [4.78, 5) is 0. The van der Waals surface area contributed by atoms with E-state index in [0.29, 0.717) is 5.66 Å². The Morgan fingerprint density at radius 2 is 1.15 bits per heavy atom. The van der Waals surface area contributed by atoms with Gasteiger partial charge in [-0.2, -0.15) is 0 Å². The van der Waals surface area contributed by atoms with Gasteiger partial charge in [0.2, 0.25) is 0 Å². The Morgan fingerprint density at radius 1 is 0.667 bits per heavy atom. The molecule has 0 N–H and O–H groups in total. The van der Waals surface area contributed by atoms with E-state index in [9.17, 15) is 0 Å². The van der Waals surface area contributed by atoms with Gasteiger partial charge in [-0.1, -0.05) is 138 Å². The highest BCUT2D eigenvalue weighted by molar-refractivity contribution is 7.74. The van der Waals surface area contributed by atoms with E-state index in [-0.39, 0.29) is 7.92 Å². The van der Waals surface area contributed by atoms with Crippen molar-refractivity contribution in [2.75, 3.05) is 0 Å². The lowest BCUT2D eigenvalue weighted by Gasteiger charge is -2.44. The summed E-state index contributed by atoms with van der Waals surface area (Å²) in [5, 5.41) is 3.04. The summed E-state index contributed by atoms with van der Waals surface area (Å²) < 4.78 is 0. The highest BCUT2D eigenvalue weighted by atomic mass is 31.1. The maximum Gasteiger partial charge on any atom is 0.0273 e. The van der Waals surface area contributed by atoms with Crippen molar-refractivity contribution < 1.29 is 0 Å². The van der Waals surface area contributed by atoms with Crippen LogP contribution in [-0.2, 0) is 0 Å². The van der Waals surface area contributed by atoms with E-state index in [1.165, 1.54) is 74.8 Å². The molecule has 2 heteroatoms. The molecule has 0 heterocycles. The zero-order chi connectivity index (χ0) is 22.5. The molecule has 2 fully saturated rings. The van der Waals surface area contributed by atoms with Crippen molar-refractivity contribution in [1.29, 1.82) is 0 Å². The van der Waals surface area contributed by atoms with Crippen LogP contribution in [0.3, 0.4) is 0 Å². The minimum atomic E-state index is -0.428. The second-order valence-electron chi connectivity index (χ2n) is 10.2. The zero-order valence-corrected chi connectivity index (χ0v) is 22.1. The van der Waals surface area contributed by atoms with Crippen LogP contribution < -0.4 is 10.6 Å². The molecule has 0 aromatic heterocycles. The zero-order valence-electron chi connectivity index (χ0n) is 20.3. The fourth-order valence-corrected chi connectivity index (χ4v) is 13.9. The van der Waals surface area contributed by atoms with E-state index in [4.69, 9.17) is 0 Å². The second kappa shape index (κ2) is 11.5. The first-order valence-electron chi connectivity index (χ1n) is 13.4. The van der Waals surface area contributed by atoms with Gasteiger partial charge in [-0.05, 0) is 61.2 Å². The van der Waals surface area contributed by atoms with Crippen molar-refractivity contribution >= 4 is 26.5 Å². The summed E-state index contributed by atoms with van der Waals surface area (Å²) in [6.45, 7) is 2.64. The van der Waals surface area contributed by atoms with Crippen LogP contribution in [0.1, 0.15) is 71.1 Å². The van der Waals surface area contributed by atoms with Crippen LogP contribution in [0.4, 0.5) is 0 Å². The number of hydrogen-bond acceptors (Lipinski definition) is 0. The van der Waals surface area contributed by atoms with Gasteiger partial charge in [0.05, 0.1) is 0 Å². The van der Waals surface area contributed by atoms with E-state index in [1.54, 1.807) is 5.57 Å². The van der Waals surface area contributed by atoms with Gasteiger partial charge in [-0.15, -0.1) is 0 Å². The van der Waals surface area contributed by atoms with Crippen molar-refractivity contribution in [3.05, 3.63) is 84.5 Å². The molecule has 174 valence electrons. The highest BCUT2D eigenvalue weighted by Gasteiger charge is 2.39. The maximum atomic E-state index is 2.64. The highest BCUT2D eigenvalue weighted by Crippen LogP contribution is 2.62. The average Bonchev–Trinajstić information content (AvgIpc) is 3.36. The lowest BCUT2D eigenvalue weighted by molar-refractivity contribution is 0.482. The van der Waals surface area contributed by atoms with E-state index < -0.39 is 7.92 Å². The second-order valence-corrected chi connectivity index (χ2v) is 15.7. The standard InChI is InChI=1S/C31H40P2/c1-25(32(26-15-6-2-7-16-26)27-17-8-3-9-18-27)30-23-14-24-31(30)33(28-19-10-4-11-20-28)29-21-12-5-13-22-29/h4-5,10-14,19-27,31H,2-3,6-9,15-18H2,1H3/t25-,31?/m1/s1. The minimum Gasteiger partial charge on any atom is -0.0932 e. The van der Waals surface area contributed by atoms with Crippen LogP contribution in [-0.4, -0.2) is 22.6 Å². The summed E-state index contributed by atoms with van der Waals surface area (Å²) >= 11 is 0. The lowest BCUT2D eigenvalue weighted by atomic mass is 9.99. The fraction of sp³-hybridized carbons (Fsp3) is 0.484. The molecular formula is C31H40P2. The quantitative estimate of drug-likeness (QED) is 0.353. The molecule has 0 bridgehead atoms. The summed E-state index contributed by atoms with van der Waals surface area (Å²) in [5.41, 5.74) is 5.08. The smallest absolute Gasteiger partial charge is 0.0273 e. The van der Waals surface area contributed by atoms with Crippen LogP contribution >= 0.6 is 15.8 Å². The lowest BCUT2D eigenvalue weighted by Crippen LogP contribution is -2.30. The van der Waals surface area contributed by atoms with E-state index in [2.05, 4.69) is 85.8 Å². The Kier molecular flexibility index (Phi) is 8.18. The van der Waals surface area contributed by atoms with Crippen molar-refractivity contribution in [2.24, 2.45) is 0 Å². The largest absolute Gasteiger partial charge is 0.0932 e. The first-order chi connectivity index (χ1) is 16.3. The van der Waals surface area contributed by atoms with Crippen LogP contribution in [0.15, 0.2) is 84.5 Å². The molecule has 3 aliphatic rings. The molecule has 0 nitrogen and oxygen atoms in total. The molecule has 0 spiro atoms. The Balaban J connectivity index is 1.47. The fourth-order valence-electron chi connectivity index (χ4n) is 6.61. The van der Waals surface area contributed by atoms with Gasteiger partial charge in [0.25, 0.3) is 0 Å². The first kappa shape index (κ1) is 23.5. The van der Waals surface area contributed by atoms with Crippen molar-refractivity contribution in [3.63, 3.8) is 0 Å². The topological polar surface area (TPSA) is 0 Å². The van der Waals surface area contributed by atoms with Gasteiger partial charge in [-0.25, -0.2) is 0 Å². The van der Waals surface area contributed by atoms with E-state index in [1.807, 2.05) is 0 Å². The van der Waals surface area contributed by atoms with Crippen LogP contribution in [0, 0.1) is 0 Å². The molecule has 33 heavy (non-hydrogen) atoms. The van der Waals surface area contributed by atoms with Crippen LogP contribution in [0.5, 0.6) is 0 Å². The Labute approximate surface area is 204 Å². The van der Waals surface area contributed by atoms with Gasteiger partial charge >= 0.3 is 0 Å². The van der Waals surface area contributed by atoms with E-state index >= 15 is 0 Å². The molecule has 2 atom stereocenters. The monoisotopic (exact) mass is 474 g/mol. The summed E-state index contributed by atoms with van der Waals surface area (Å²) in [6, 6.07) is 22.7. The first-order valence-corrected chi connectivity index (χ1v) is 16.3. The molecule has 0 aliphatic heterocycles. The molecule has 5 rings (SSSR count). The predicted molar refractivity (Wildman–Crippen MR) is 150 cm³/mol. The molecule has 3 aliphatic carbocycles. The third kappa shape index (κ3) is 5.39. The summed E-state index contributed by atoms with van der Waals surface area (Å²) in [5.74, 6) is 0. The molecule has 0 amide bonds. The Morgan fingerprint density at radius 3 is 1.64 bits per heavy atom. The number of allylic oxidation sites excluding steroid dienone is 4. The normalized spacial score (nSPS) is 23.2. The molecular weight excluding hydrogens is 434 g/mol. The molecule has 0 saturated heterocycles.